The lowest BCUT2D eigenvalue weighted by atomic mass is 10.1. The van der Waals surface area contributed by atoms with Crippen LogP contribution in [0.1, 0.15) is 29.3 Å². The van der Waals surface area contributed by atoms with E-state index in [0.29, 0.717) is 28.4 Å². The molecule has 4 nitrogen and oxygen atoms in total. The first-order chi connectivity index (χ1) is 11.4. The van der Waals surface area contributed by atoms with Gasteiger partial charge in [-0.2, -0.15) is 0 Å². The molecule has 0 saturated carbocycles. The van der Waals surface area contributed by atoms with Crippen molar-refractivity contribution in [3.63, 3.8) is 0 Å². The molecule has 0 aliphatic heterocycles. The third-order valence-corrected chi connectivity index (χ3v) is 4.18. The van der Waals surface area contributed by atoms with Crippen molar-refractivity contribution >= 4 is 29.0 Å². The third kappa shape index (κ3) is 4.36. The summed E-state index contributed by atoms with van der Waals surface area (Å²) in [5.74, 6) is 0.434. The predicted molar refractivity (Wildman–Crippen MR) is 96.2 cm³/mol. The van der Waals surface area contributed by atoms with E-state index in [4.69, 9.17) is 16.3 Å². The molecule has 1 amide bonds. The number of rotatable bonds is 6. The molecule has 24 heavy (non-hydrogen) atoms. The Bertz CT molecular complexity index is 741. The number of ketones is 1. The van der Waals surface area contributed by atoms with Crippen LogP contribution in [0.25, 0.3) is 0 Å². The molecule has 0 heterocycles. The molecule has 2 rings (SSSR count). The normalized spacial score (nSPS) is 10.3. The maximum atomic E-state index is 12.2. The monoisotopic (exact) mass is 345 g/mol. The first-order valence-electron chi connectivity index (χ1n) is 7.71. The van der Waals surface area contributed by atoms with E-state index < -0.39 is 0 Å². The van der Waals surface area contributed by atoms with Crippen molar-refractivity contribution in [2.45, 2.75) is 20.3 Å². The number of anilines is 1. The van der Waals surface area contributed by atoms with E-state index in [1.807, 2.05) is 26.0 Å². The number of carbonyl (C=O) groups excluding carboxylic acids is 2. The molecule has 0 unspecified atom stereocenters. The Hall–Kier alpha value is -2.33. The highest BCUT2D eigenvalue weighted by Gasteiger charge is 2.13. The van der Waals surface area contributed by atoms with Crippen LogP contribution in [0.3, 0.4) is 0 Å². The summed E-state index contributed by atoms with van der Waals surface area (Å²) < 4.78 is 5.50. The first kappa shape index (κ1) is 18.0. The van der Waals surface area contributed by atoms with Crippen LogP contribution in [0, 0.1) is 6.92 Å². The number of ether oxygens (including phenoxy) is 1. The minimum absolute atomic E-state index is 0.0774. The van der Waals surface area contributed by atoms with E-state index >= 15 is 0 Å². The Morgan fingerprint density at radius 3 is 2.38 bits per heavy atom. The number of carbonyl (C=O) groups is 2. The van der Waals surface area contributed by atoms with Crippen LogP contribution in [-0.2, 0) is 4.79 Å². The third-order valence-electron chi connectivity index (χ3n) is 3.78. The van der Waals surface area contributed by atoms with Gasteiger partial charge in [0.05, 0.1) is 0 Å². The fourth-order valence-corrected chi connectivity index (χ4v) is 2.29. The lowest BCUT2D eigenvalue weighted by molar-refractivity contribution is -0.120. The Balaban J connectivity index is 1.96. The summed E-state index contributed by atoms with van der Waals surface area (Å²) in [5.41, 5.74) is 2.31. The number of likely N-dealkylation sites (N-methyl/N-ethyl adjacent to an activating group) is 1. The van der Waals surface area contributed by atoms with Gasteiger partial charge in [0.1, 0.15) is 5.75 Å². The van der Waals surface area contributed by atoms with Gasteiger partial charge in [0, 0.05) is 29.7 Å². The predicted octanol–water partition coefficient (Wildman–Crippen LogP) is 4.28. The van der Waals surface area contributed by atoms with E-state index in [-0.39, 0.29) is 18.3 Å². The fraction of sp³-hybridized carbons (Fsp3) is 0.263. The highest BCUT2D eigenvalue weighted by atomic mass is 35.5. The van der Waals surface area contributed by atoms with E-state index in [1.165, 1.54) is 4.90 Å². The summed E-state index contributed by atoms with van der Waals surface area (Å²) in [7, 11) is 1.68. The minimum atomic E-state index is -0.191. The Morgan fingerprint density at radius 2 is 1.79 bits per heavy atom. The van der Waals surface area contributed by atoms with Crippen LogP contribution >= 0.6 is 11.6 Å². The van der Waals surface area contributed by atoms with Crippen molar-refractivity contribution in [2.75, 3.05) is 18.6 Å². The van der Waals surface area contributed by atoms with Gasteiger partial charge in [0.25, 0.3) is 5.91 Å². The van der Waals surface area contributed by atoms with Crippen molar-refractivity contribution in [1.29, 1.82) is 0 Å². The molecule has 2 aromatic rings. The summed E-state index contributed by atoms with van der Waals surface area (Å²) in [6.45, 7) is 3.63. The van der Waals surface area contributed by atoms with Gasteiger partial charge in [0.15, 0.2) is 12.4 Å². The van der Waals surface area contributed by atoms with Crippen LogP contribution in [0.5, 0.6) is 5.75 Å². The summed E-state index contributed by atoms with van der Waals surface area (Å²) in [6, 6.07) is 12.2. The molecule has 0 atom stereocenters. The van der Waals surface area contributed by atoms with Crippen molar-refractivity contribution in [3.8, 4) is 5.75 Å². The number of aryl methyl sites for hydroxylation is 1. The van der Waals surface area contributed by atoms with Gasteiger partial charge in [-0.25, -0.2) is 0 Å². The van der Waals surface area contributed by atoms with Gasteiger partial charge in [-0.05, 0) is 48.9 Å². The smallest absolute Gasteiger partial charge is 0.264 e. The first-order valence-corrected chi connectivity index (χ1v) is 8.09. The molecule has 0 radical (unpaired) electrons. The second-order valence-electron chi connectivity index (χ2n) is 5.48. The fourth-order valence-electron chi connectivity index (χ4n) is 2.12. The Kier molecular flexibility index (Phi) is 5.99. The molecule has 0 saturated heterocycles. The van der Waals surface area contributed by atoms with Crippen LogP contribution < -0.4 is 9.64 Å². The molecule has 0 N–H and O–H groups in total. The molecular weight excluding hydrogens is 326 g/mol. The molecular formula is C19H20ClNO3. The number of hydrogen-bond donors (Lipinski definition) is 0. The molecule has 0 spiro atoms. The lowest BCUT2D eigenvalue weighted by Crippen LogP contribution is -2.31. The maximum Gasteiger partial charge on any atom is 0.264 e. The number of nitrogens with zero attached hydrogens (tertiary/aromatic N) is 1. The summed E-state index contributed by atoms with van der Waals surface area (Å²) in [4.78, 5) is 25.3. The number of benzene rings is 2. The highest BCUT2D eigenvalue weighted by molar-refractivity contribution is 6.31. The largest absolute Gasteiger partial charge is 0.484 e. The lowest BCUT2D eigenvalue weighted by Gasteiger charge is -2.18. The van der Waals surface area contributed by atoms with Crippen LogP contribution in [0.2, 0.25) is 5.02 Å². The molecule has 0 fully saturated rings. The molecule has 0 aliphatic rings. The van der Waals surface area contributed by atoms with Gasteiger partial charge >= 0.3 is 0 Å². The summed E-state index contributed by atoms with van der Waals surface area (Å²) in [6.07, 6.45) is 0.461. The van der Waals surface area contributed by atoms with Crippen molar-refractivity contribution in [1.82, 2.24) is 0 Å². The van der Waals surface area contributed by atoms with Crippen LogP contribution in [0.15, 0.2) is 42.5 Å². The molecule has 0 bridgehead atoms. The molecule has 0 aliphatic carbocycles. The van der Waals surface area contributed by atoms with Crippen molar-refractivity contribution in [2.24, 2.45) is 0 Å². The van der Waals surface area contributed by atoms with Gasteiger partial charge in [-0.15, -0.1) is 0 Å². The number of halogens is 1. The second-order valence-corrected chi connectivity index (χ2v) is 5.88. The zero-order valence-corrected chi connectivity index (χ0v) is 14.8. The van der Waals surface area contributed by atoms with Gasteiger partial charge < -0.3 is 9.64 Å². The zero-order chi connectivity index (χ0) is 17.7. The Labute approximate surface area is 147 Å². The number of Topliss-reactive ketones (excluding diaryl/α,β-unsaturated/α-hetero) is 1. The van der Waals surface area contributed by atoms with Crippen molar-refractivity contribution in [3.05, 3.63) is 58.6 Å². The summed E-state index contributed by atoms with van der Waals surface area (Å²) in [5, 5.41) is 0.615. The van der Waals surface area contributed by atoms with Gasteiger partial charge in [0.2, 0.25) is 0 Å². The number of hydrogen-bond acceptors (Lipinski definition) is 3. The maximum absolute atomic E-state index is 12.2. The van der Waals surface area contributed by atoms with E-state index in [0.717, 1.165) is 5.56 Å². The topological polar surface area (TPSA) is 46.6 Å². The van der Waals surface area contributed by atoms with Crippen LogP contribution in [0.4, 0.5) is 5.69 Å². The van der Waals surface area contributed by atoms with Crippen molar-refractivity contribution < 1.29 is 14.3 Å². The highest BCUT2D eigenvalue weighted by Crippen LogP contribution is 2.22. The quantitative estimate of drug-likeness (QED) is 0.734. The standard InChI is InChI=1S/C19H20ClNO3/c1-4-18(22)14-6-9-16(10-7-14)24-12-19(23)21(3)15-8-5-13(2)17(20)11-15/h5-11H,4,12H2,1-3H3. The Morgan fingerprint density at radius 1 is 1.12 bits per heavy atom. The van der Waals surface area contributed by atoms with E-state index in [2.05, 4.69) is 0 Å². The van der Waals surface area contributed by atoms with E-state index in [1.54, 1.807) is 37.4 Å². The number of amides is 1. The van der Waals surface area contributed by atoms with Gasteiger partial charge in [-0.3, -0.25) is 9.59 Å². The van der Waals surface area contributed by atoms with Crippen LogP contribution in [-0.4, -0.2) is 25.3 Å². The molecule has 126 valence electrons. The van der Waals surface area contributed by atoms with Gasteiger partial charge in [-0.1, -0.05) is 24.6 Å². The molecule has 2 aromatic carbocycles. The average Bonchev–Trinajstić information content (AvgIpc) is 2.61. The molecule has 0 aromatic heterocycles. The average molecular weight is 346 g/mol. The second kappa shape index (κ2) is 7.97. The zero-order valence-electron chi connectivity index (χ0n) is 14.0. The molecule has 5 heteroatoms. The minimum Gasteiger partial charge on any atom is -0.484 e. The summed E-state index contributed by atoms with van der Waals surface area (Å²) >= 11 is 6.09. The van der Waals surface area contributed by atoms with E-state index in [9.17, 15) is 9.59 Å². The SMILES string of the molecule is CCC(=O)c1ccc(OCC(=O)N(C)c2ccc(C)c(Cl)c2)cc1.